The van der Waals surface area contributed by atoms with Crippen LogP contribution in [-0.4, -0.2) is 27.0 Å². The average Bonchev–Trinajstić information content (AvgIpc) is 2.71. The Morgan fingerprint density at radius 2 is 1.48 bits per heavy atom. The number of para-hydroxylation sites is 2. The first-order chi connectivity index (χ1) is 14.0. The standard InChI is InChI=1S/C23H18N2O4/c1-13-7-3-4-8-15(13)23(28)29-14(2)16-9-5-11-18-20(16)24-19-12-6-10-17(22(26)27)21(19)25-18/h3-12,14H,1-2H3,(H,26,27). The van der Waals surface area contributed by atoms with E-state index in [1.54, 1.807) is 43.3 Å². The molecule has 0 radical (unpaired) electrons. The third-order valence-corrected chi connectivity index (χ3v) is 4.84. The van der Waals surface area contributed by atoms with Crippen LogP contribution in [0.5, 0.6) is 0 Å². The highest BCUT2D eigenvalue weighted by Gasteiger charge is 2.19. The van der Waals surface area contributed by atoms with Crippen molar-refractivity contribution in [1.29, 1.82) is 0 Å². The summed E-state index contributed by atoms with van der Waals surface area (Å²) in [5.41, 5.74) is 4.09. The lowest BCUT2D eigenvalue weighted by atomic mass is 10.1. The van der Waals surface area contributed by atoms with Crippen LogP contribution in [0.1, 0.15) is 44.9 Å². The van der Waals surface area contributed by atoms with Gasteiger partial charge in [-0.15, -0.1) is 0 Å². The molecule has 0 saturated carbocycles. The molecule has 0 aliphatic heterocycles. The first-order valence-electron chi connectivity index (χ1n) is 9.15. The number of benzene rings is 3. The van der Waals surface area contributed by atoms with Crippen molar-refractivity contribution in [2.24, 2.45) is 0 Å². The summed E-state index contributed by atoms with van der Waals surface area (Å²) >= 11 is 0. The van der Waals surface area contributed by atoms with E-state index in [9.17, 15) is 14.7 Å². The van der Waals surface area contributed by atoms with Crippen LogP contribution in [0.3, 0.4) is 0 Å². The highest BCUT2D eigenvalue weighted by molar-refractivity contribution is 6.02. The van der Waals surface area contributed by atoms with Gasteiger partial charge in [0.1, 0.15) is 11.6 Å². The number of aromatic carboxylic acids is 1. The summed E-state index contributed by atoms with van der Waals surface area (Å²) in [7, 11) is 0. The maximum Gasteiger partial charge on any atom is 0.338 e. The van der Waals surface area contributed by atoms with Crippen LogP contribution in [0.2, 0.25) is 0 Å². The molecule has 0 bridgehead atoms. The van der Waals surface area contributed by atoms with Gasteiger partial charge in [0.05, 0.1) is 27.7 Å². The topological polar surface area (TPSA) is 89.4 Å². The number of hydrogen-bond acceptors (Lipinski definition) is 5. The number of carboxylic acids is 1. The number of carbonyl (C=O) groups excluding carboxylic acids is 1. The molecule has 0 spiro atoms. The molecule has 1 unspecified atom stereocenters. The molecule has 0 amide bonds. The summed E-state index contributed by atoms with van der Waals surface area (Å²) in [5, 5.41) is 9.40. The van der Waals surface area contributed by atoms with E-state index in [1.165, 1.54) is 6.07 Å². The molecule has 6 nitrogen and oxygen atoms in total. The van der Waals surface area contributed by atoms with Gasteiger partial charge in [-0.1, -0.05) is 36.4 Å². The monoisotopic (exact) mass is 386 g/mol. The lowest BCUT2D eigenvalue weighted by Crippen LogP contribution is -2.11. The molecule has 1 N–H and O–H groups in total. The fourth-order valence-corrected chi connectivity index (χ4v) is 3.33. The number of fused-ring (bicyclic) bond motifs is 2. The molecule has 6 heteroatoms. The summed E-state index contributed by atoms with van der Waals surface area (Å²) in [4.78, 5) is 33.2. The highest BCUT2D eigenvalue weighted by atomic mass is 16.5. The minimum atomic E-state index is -1.05. The van der Waals surface area contributed by atoms with Crippen molar-refractivity contribution in [2.75, 3.05) is 0 Å². The van der Waals surface area contributed by atoms with Crippen molar-refractivity contribution in [3.63, 3.8) is 0 Å². The molecule has 144 valence electrons. The highest BCUT2D eigenvalue weighted by Crippen LogP contribution is 2.28. The van der Waals surface area contributed by atoms with Crippen LogP contribution in [0.25, 0.3) is 22.1 Å². The molecule has 0 fully saturated rings. The minimum Gasteiger partial charge on any atom is -0.478 e. The lowest BCUT2D eigenvalue weighted by molar-refractivity contribution is 0.0339. The van der Waals surface area contributed by atoms with E-state index in [1.807, 2.05) is 25.1 Å². The van der Waals surface area contributed by atoms with E-state index < -0.39 is 18.0 Å². The first-order valence-corrected chi connectivity index (χ1v) is 9.15. The molecular formula is C23H18N2O4. The number of aromatic nitrogens is 2. The Morgan fingerprint density at radius 1 is 0.862 bits per heavy atom. The quantitative estimate of drug-likeness (QED) is 0.404. The molecule has 0 saturated heterocycles. The Bertz CT molecular complexity index is 1270. The maximum atomic E-state index is 12.6. The van der Waals surface area contributed by atoms with Gasteiger partial charge in [0.25, 0.3) is 0 Å². The van der Waals surface area contributed by atoms with E-state index in [0.29, 0.717) is 33.2 Å². The number of aryl methyl sites for hydroxylation is 1. The Morgan fingerprint density at radius 3 is 2.21 bits per heavy atom. The maximum absolute atomic E-state index is 12.6. The fraction of sp³-hybridized carbons (Fsp3) is 0.130. The minimum absolute atomic E-state index is 0.0985. The number of carboxylic acid groups (broad SMARTS) is 1. The second-order valence-corrected chi connectivity index (χ2v) is 6.78. The van der Waals surface area contributed by atoms with Crippen LogP contribution >= 0.6 is 0 Å². The normalized spacial score (nSPS) is 12.1. The molecule has 4 aromatic rings. The molecule has 3 aromatic carbocycles. The third kappa shape index (κ3) is 3.40. The summed E-state index contributed by atoms with van der Waals surface area (Å²) in [6.45, 7) is 3.64. The van der Waals surface area contributed by atoms with Crippen molar-refractivity contribution >= 4 is 34.0 Å². The number of hydrogen-bond donors (Lipinski definition) is 1. The Kier molecular flexibility index (Phi) is 4.68. The summed E-state index contributed by atoms with van der Waals surface area (Å²) in [5.74, 6) is -1.46. The van der Waals surface area contributed by atoms with E-state index in [2.05, 4.69) is 9.97 Å². The van der Waals surface area contributed by atoms with Gasteiger partial charge in [-0.05, 0) is 43.7 Å². The average molecular weight is 386 g/mol. The number of esters is 1. The van der Waals surface area contributed by atoms with Crippen LogP contribution in [0, 0.1) is 6.92 Å². The Hall–Kier alpha value is -3.80. The SMILES string of the molecule is Cc1ccccc1C(=O)OC(C)c1cccc2nc3c(C(=O)O)cccc3nc12. The molecular weight excluding hydrogens is 368 g/mol. The molecule has 0 aliphatic rings. The second-order valence-electron chi connectivity index (χ2n) is 6.78. The summed E-state index contributed by atoms with van der Waals surface area (Å²) in [6, 6.07) is 17.5. The number of nitrogens with zero attached hydrogens (tertiary/aromatic N) is 2. The predicted octanol–water partition coefficient (Wildman–Crippen LogP) is 4.71. The summed E-state index contributed by atoms with van der Waals surface area (Å²) in [6.07, 6.45) is -0.555. The van der Waals surface area contributed by atoms with Crippen molar-refractivity contribution in [2.45, 2.75) is 20.0 Å². The third-order valence-electron chi connectivity index (χ3n) is 4.84. The molecule has 4 rings (SSSR count). The molecule has 0 aliphatic carbocycles. The van der Waals surface area contributed by atoms with Crippen molar-refractivity contribution in [1.82, 2.24) is 9.97 Å². The largest absolute Gasteiger partial charge is 0.478 e. The predicted molar refractivity (Wildman–Crippen MR) is 109 cm³/mol. The number of rotatable bonds is 4. The van der Waals surface area contributed by atoms with Gasteiger partial charge in [0.2, 0.25) is 0 Å². The van der Waals surface area contributed by atoms with Gasteiger partial charge in [0.15, 0.2) is 0 Å². The van der Waals surface area contributed by atoms with Gasteiger partial charge in [0, 0.05) is 5.56 Å². The van der Waals surface area contributed by atoms with E-state index >= 15 is 0 Å². The van der Waals surface area contributed by atoms with E-state index in [4.69, 9.17) is 4.74 Å². The zero-order valence-electron chi connectivity index (χ0n) is 15.9. The van der Waals surface area contributed by atoms with Crippen molar-refractivity contribution in [3.05, 3.63) is 82.9 Å². The molecule has 1 heterocycles. The Labute approximate surface area is 166 Å². The van der Waals surface area contributed by atoms with Crippen LogP contribution < -0.4 is 0 Å². The Balaban J connectivity index is 1.77. The fourth-order valence-electron chi connectivity index (χ4n) is 3.33. The van der Waals surface area contributed by atoms with E-state index in [0.717, 1.165) is 5.56 Å². The second kappa shape index (κ2) is 7.31. The number of ether oxygens (including phenoxy) is 1. The van der Waals surface area contributed by atoms with Crippen LogP contribution in [-0.2, 0) is 4.74 Å². The van der Waals surface area contributed by atoms with Gasteiger partial charge < -0.3 is 9.84 Å². The smallest absolute Gasteiger partial charge is 0.338 e. The molecule has 1 aromatic heterocycles. The zero-order valence-corrected chi connectivity index (χ0v) is 15.9. The van der Waals surface area contributed by atoms with Crippen LogP contribution in [0.15, 0.2) is 60.7 Å². The van der Waals surface area contributed by atoms with Crippen molar-refractivity contribution < 1.29 is 19.4 Å². The van der Waals surface area contributed by atoms with Gasteiger partial charge in [-0.25, -0.2) is 19.6 Å². The lowest BCUT2D eigenvalue weighted by Gasteiger charge is -2.16. The van der Waals surface area contributed by atoms with Gasteiger partial charge in [-0.3, -0.25) is 0 Å². The van der Waals surface area contributed by atoms with Crippen molar-refractivity contribution in [3.8, 4) is 0 Å². The zero-order chi connectivity index (χ0) is 20.5. The number of carbonyl (C=O) groups is 2. The molecule has 29 heavy (non-hydrogen) atoms. The van der Waals surface area contributed by atoms with Crippen LogP contribution in [0.4, 0.5) is 0 Å². The van der Waals surface area contributed by atoms with Gasteiger partial charge >= 0.3 is 11.9 Å². The van der Waals surface area contributed by atoms with E-state index in [-0.39, 0.29) is 5.56 Å². The first kappa shape index (κ1) is 18.6. The molecule has 1 atom stereocenters. The van der Waals surface area contributed by atoms with Gasteiger partial charge in [-0.2, -0.15) is 0 Å². The summed E-state index contributed by atoms with van der Waals surface area (Å²) < 4.78 is 5.68.